The van der Waals surface area contributed by atoms with Crippen LogP contribution in [0, 0.1) is 6.92 Å². The van der Waals surface area contributed by atoms with Crippen LogP contribution in [0.2, 0.25) is 0 Å². The van der Waals surface area contributed by atoms with Gasteiger partial charge < -0.3 is 19.7 Å². The molecule has 2 aromatic heterocycles. The number of thiazole rings is 1. The molecule has 2 fully saturated rings. The molecule has 0 aromatic carbocycles. The van der Waals surface area contributed by atoms with Gasteiger partial charge in [0.1, 0.15) is 16.5 Å². The predicted octanol–water partition coefficient (Wildman–Crippen LogP) is 4.35. The van der Waals surface area contributed by atoms with Crippen molar-refractivity contribution in [1.29, 1.82) is 0 Å². The van der Waals surface area contributed by atoms with Crippen molar-refractivity contribution < 1.29 is 18.3 Å². The van der Waals surface area contributed by atoms with Gasteiger partial charge in [0, 0.05) is 61.9 Å². The number of morpholine rings is 1. The Bertz CT molecular complexity index is 851. The van der Waals surface area contributed by atoms with Crippen molar-refractivity contribution in [2.45, 2.75) is 50.7 Å². The van der Waals surface area contributed by atoms with E-state index >= 15 is 0 Å². The quantitative estimate of drug-likeness (QED) is 0.723. The first-order valence-corrected chi connectivity index (χ1v) is 11.2. The molecular formula is C21H28F2N4O2S. The molecule has 1 N–H and O–H groups in total. The van der Waals surface area contributed by atoms with Crippen molar-refractivity contribution in [2.75, 3.05) is 43.6 Å². The molecule has 0 spiro atoms. The van der Waals surface area contributed by atoms with Crippen molar-refractivity contribution in [3.05, 3.63) is 23.2 Å². The molecule has 0 radical (unpaired) electrons. The zero-order chi connectivity index (χ0) is 21.1. The Kier molecular flexibility index (Phi) is 6.50. The third kappa shape index (κ3) is 5.25. The lowest BCUT2D eigenvalue weighted by molar-refractivity contribution is -0.0361. The van der Waals surface area contributed by atoms with Crippen molar-refractivity contribution >= 4 is 22.8 Å². The summed E-state index contributed by atoms with van der Waals surface area (Å²) in [6.07, 6.45) is 0.742. The van der Waals surface area contributed by atoms with Crippen LogP contribution in [-0.2, 0) is 9.47 Å². The molecule has 6 nitrogen and oxygen atoms in total. The monoisotopic (exact) mass is 438 g/mol. The minimum Gasteiger partial charge on any atom is -0.382 e. The van der Waals surface area contributed by atoms with Crippen LogP contribution < -0.4 is 10.2 Å². The highest BCUT2D eigenvalue weighted by atomic mass is 32.1. The third-order valence-electron chi connectivity index (χ3n) is 5.57. The second kappa shape index (κ2) is 9.11. The molecule has 3 heterocycles. The van der Waals surface area contributed by atoms with Gasteiger partial charge in [-0.3, -0.25) is 0 Å². The fourth-order valence-corrected chi connectivity index (χ4v) is 4.74. The van der Waals surface area contributed by atoms with Gasteiger partial charge >= 0.3 is 0 Å². The average Bonchev–Trinajstić information content (AvgIpc) is 3.16. The first kappa shape index (κ1) is 21.4. The minimum atomic E-state index is -2.54. The standard InChI is InChI=1S/C21H28F2N4O2S/c1-14-13-30-20(24-14)18-9-16(27-7-8-29-17(11-27)12-28-2)10-19(26-18)25-15-3-5-21(22,23)6-4-15/h9-10,13,15,17H,3-8,11-12H2,1-2H3,(H,25,26). The molecule has 2 aliphatic rings. The predicted molar refractivity (Wildman–Crippen MR) is 115 cm³/mol. The highest BCUT2D eigenvalue weighted by Crippen LogP contribution is 2.35. The number of anilines is 2. The molecule has 4 rings (SSSR count). The third-order valence-corrected chi connectivity index (χ3v) is 6.56. The van der Waals surface area contributed by atoms with Crippen LogP contribution in [0.4, 0.5) is 20.3 Å². The van der Waals surface area contributed by atoms with Gasteiger partial charge in [-0.1, -0.05) is 0 Å². The van der Waals surface area contributed by atoms with E-state index in [4.69, 9.17) is 14.5 Å². The number of rotatable bonds is 6. The molecule has 30 heavy (non-hydrogen) atoms. The molecule has 1 saturated heterocycles. The molecule has 1 aliphatic heterocycles. The maximum atomic E-state index is 13.5. The lowest BCUT2D eigenvalue weighted by Gasteiger charge is -2.35. The summed E-state index contributed by atoms with van der Waals surface area (Å²) in [6.45, 7) is 4.63. The van der Waals surface area contributed by atoms with E-state index in [1.54, 1.807) is 18.4 Å². The minimum absolute atomic E-state index is 0.00388. The number of hydrogen-bond acceptors (Lipinski definition) is 7. The number of nitrogens with one attached hydrogen (secondary N) is 1. The molecule has 1 unspecified atom stereocenters. The zero-order valence-corrected chi connectivity index (χ0v) is 18.2. The fraction of sp³-hybridized carbons (Fsp3) is 0.619. The molecular weight excluding hydrogens is 410 g/mol. The second-order valence-corrected chi connectivity index (χ2v) is 8.92. The number of alkyl halides is 2. The number of nitrogens with zero attached hydrogens (tertiary/aromatic N) is 3. The highest BCUT2D eigenvalue weighted by molar-refractivity contribution is 7.13. The summed E-state index contributed by atoms with van der Waals surface area (Å²) in [5.74, 6) is -1.83. The topological polar surface area (TPSA) is 59.5 Å². The van der Waals surface area contributed by atoms with Gasteiger partial charge in [0.25, 0.3) is 0 Å². The van der Waals surface area contributed by atoms with E-state index in [-0.39, 0.29) is 25.0 Å². The SMILES string of the molecule is COCC1CN(c2cc(NC3CCC(F)(F)CC3)nc(-c3nc(C)cs3)c2)CCO1. The molecule has 164 valence electrons. The number of ether oxygens (including phenoxy) is 2. The van der Waals surface area contributed by atoms with E-state index < -0.39 is 5.92 Å². The second-order valence-electron chi connectivity index (χ2n) is 8.06. The number of halogens is 2. The maximum Gasteiger partial charge on any atom is 0.248 e. The Balaban J connectivity index is 1.58. The average molecular weight is 439 g/mol. The van der Waals surface area contributed by atoms with Gasteiger partial charge in [0.05, 0.1) is 19.3 Å². The van der Waals surface area contributed by atoms with Gasteiger partial charge in [-0.25, -0.2) is 18.7 Å². The van der Waals surface area contributed by atoms with Gasteiger partial charge in [-0.05, 0) is 25.8 Å². The Morgan fingerprint density at radius 2 is 2.10 bits per heavy atom. The van der Waals surface area contributed by atoms with Crippen LogP contribution in [0.25, 0.3) is 10.7 Å². The van der Waals surface area contributed by atoms with E-state index in [1.165, 1.54) is 0 Å². The summed E-state index contributed by atoms with van der Waals surface area (Å²) in [7, 11) is 1.67. The van der Waals surface area contributed by atoms with Crippen LogP contribution in [0.5, 0.6) is 0 Å². The summed E-state index contributed by atoms with van der Waals surface area (Å²) in [5.41, 5.74) is 2.78. The smallest absolute Gasteiger partial charge is 0.248 e. The van der Waals surface area contributed by atoms with Crippen LogP contribution >= 0.6 is 11.3 Å². The van der Waals surface area contributed by atoms with Crippen molar-refractivity contribution in [3.63, 3.8) is 0 Å². The summed E-state index contributed by atoms with van der Waals surface area (Å²) in [5, 5.41) is 6.26. The zero-order valence-electron chi connectivity index (χ0n) is 17.4. The molecule has 2 aromatic rings. The maximum absolute atomic E-state index is 13.5. The van der Waals surface area contributed by atoms with E-state index in [0.29, 0.717) is 31.9 Å². The van der Waals surface area contributed by atoms with Gasteiger partial charge in [-0.15, -0.1) is 11.3 Å². The molecule has 1 saturated carbocycles. The number of methoxy groups -OCH3 is 1. The van der Waals surface area contributed by atoms with E-state index in [9.17, 15) is 8.78 Å². The van der Waals surface area contributed by atoms with Crippen LogP contribution in [0.3, 0.4) is 0 Å². The summed E-state index contributed by atoms with van der Waals surface area (Å²) >= 11 is 1.56. The summed E-state index contributed by atoms with van der Waals surface area (Å²) in [6, 6.07) is 4.06. The van der Waals surface area contributed by atoms with Crippen LogP contribution in [0.1, 0.15) is 31.4 Å². The first-order chi connectivity index (χ1) is 14.4. The lowest BCUT2D eigenvalue weighted by atomic mass is 9.92. The number of hydrogen-bond donors (Lipinski definition) is 1. The van der Waals surface area contributed by atoms with E-state index in [2.05, 4.69) is 15.2 Å². The molecule has 0 bridgehead atoms. The number of aryl methyl sites for hydroxylation is 1. The normalized spacial score (nSPS) is 22.3. The van der Waals surface area contributed by atoms with Gasteiger partial charge in [0.15, 0.2) is 0 Å². The number of aromatic nitrogens is 2. The van der Waals surface area contributed by atoms with Crippen LogP contribution in [-0.4, -0.2) is 61.4 Å². The van der Waals surface area contributed by atoms with Crippen molar-refractivity contribution in [3.8, 4) is 10.7 Å². The largest absolute Gasteiger partial charge is 0.382 e. The van der Waals surface area contributed by atoms with Crippen molar-refractivity contribution in [2.24, 2.45) is 0 Å². The first-order valence-electron chi connectivity index (χ1n) is 10.4. The Morgan fingerprint density at radius 3 is 2.80 bits per heavy atom. The Morgan fingerprint density at radius 1 is 1.30 bits per heavy atom. The molecule has 0 amide bonds. The lowest BCUT2D eigenvalue weighted by Crippen LogP contribution is -2.44. The Hall–Kier alpha value is -1.84. The van der Waals surface area contributed by atoms with Gasteiger partial charge in [0.2, 0.25) is 5.92 Å². The molecule has 1 atom stereocenters. The number of pyridine rings is 1. The van der Waals surface area contributed by atoms with Crippen LogP contribution in [0.15, 0.2) is 17.5 Å². The van der Waals surface area contributed by atoms with Gasteiger partial charge in [-0.2, -0.15) is 0 Å². The summed E-state index contributed by atoms with van der Waals surface area (Å²) in [4.78, 5) is 11.6. The Labute approximate surface area is 179 Å². The van der Waals surface area contributed by atoms with E-state index in [0.717, 1.165) is 35.2 Å². The summed E-state index contributed by atoms with van der Waals surface area (Å²) < 4.78 is 38.1. The molecule has 1 aliphatic carbocycles. The van der Waals surface area contributed by atoms with E-state index in [1.807, 2.05) is 24.4 Å². The molecule has 9 heteroatoms. The van der Waals surface area contributed by atoms with Crippen molar-refractivity contribution in [1.82, 2.24) is 9.97 Å². The fourth-order valence-electron chi connectivity index (χ4n) is 3.99. The highest BCUT2D eigenvalue weighted by Gasteiger charge is 2.35.